The SMILES string of the molecule is COc1cccc(-c2csc3nc(SC(C)C(=O)O)[nH]c(=O)c23)c1. The van der Waals surface area contributed by atoms with Crippen LogP contribution < -0.4 is 10.3 Å². The number of thioether (sulfide) groups is 1. The highest BCUT2D eigenvalue weighted by Crippen LogP contribution is 2.33. The molecule has 1 aromatic carbocycles. The molecular formula is C16H14N2O4S2. The molecule has 0 radical (unpaired) electrons. The summed E-state index contributed by atoms with van der Waals surface area (Å²) in [6, 6.07) is 7.45. The number of aromatic nitrogens is 2. The fraction of sp³-hybridized carbons (Fsp3) is 0.188. The van der Waals surface area contributed by atoms with Gasteiger partial charge in [0.15, 0.2) is 5.16 Å². The quantitative estimate of drug-likeness (QED) is 0.535. The van der Waals surface area contributed by atoms with Crippen molar-refractivity contribution >= 4 is 39.3 Å². The predicted octanol–water partition coefficient (Wildman–Crippen LogP) is 3.23. The number of fused-ring (bicyclic) bond motifs is 1. The van der Waals surface area contributed by atoms with Gasteiger partial charge in [0.2, 0.25) is 0 Å². The molecule has 2 N–H and O–H groups in total. The van der Waals surface area contributed by atoms with Gasteiger partial charge in [-0.15, -0.1) is 11.3 Å². The minimum atomic E-state index is -0.953. The molecule has 2 aromatic heterocycles. The summed E-state index contributed by atoms with van der Waals surface area (Å²) < 4.78 is 5.22. The van der Waals surface area contributed by atoms with Crippen molar-refractivity contribution in [3.05, 3.63) is 40.0 Å². The van der Waals surface area contributed by atoms with Crippen LogP contribution in [0.25, 0.3) is 21.3 Å². The third kappa shape index (κ3) is 3.15. The summed E-state index contributed by atoms with van der Waals surface area (Å²) in [5, 5.41) is 11.0. The third-order valence-electron chi connectivity index (χ3n) is 3.44. The Kier molecular flexibility index (Phi) is 4.59. The average Bonchev–Trinajstić information content (AvgIpc) is 2.99. The largest absolute Gasteiger partial charge is 0.497 e. The molecule has 0 bridgehead atoms. The summed E-state index contributed by atoms with van der Waals surface area (Å²) >= 11 is 2.37. The number of thiophene rings is 1. The second-order valence-electron chi connectivity index (χ2n) is 5.03. The summed E-state index contributed by atoms with van der Waals surface area (Å²) in [6.07, 6.45) is 0. The Balaban J connectivity index is 2.07. The fourth-order valence-corrected chi connectivity index (χ4v) is 3.94. The number of carboxylic acid groups (broad SMARTS) is 1. The first-order chi connectivity index (χ1) is 11.5. The lowest BCUT2D eigenvalue weighted by Gasteiger charge is -2.06. The maximum atomic E-state index is 12.5. The minimum absolute atomic E-state index is 0.279. The van der Waals surface area contributed by atoms with E-state index < -0.39 is 11.2 Å². The van der Waals surface area contributed by atoms with Crippen molar-refractivity contribution in [2.24, 2.45) is 0 Å². The number of carbonyl (C=O) groups is 1. The van der Waals surface area contributed by atoms with Crippen LogP contribution in [0.1, 0.15) is 6.92 Å². The number of benzene rings is 1. The van der Waals surface area contributed by atoms with Crippen molar-refractivity contribution in [2.75, 3.05) is 7.11 Å². The van der Waals surface area contributed by atoms with Crippen LogP contribution in [0.3, 0.4) is 0 Å². The number of hydrogen-bond donors (Lipinski definition) is 2. The van der Waals surface area contributed by atoms with Crippen LogP contribution in [0, 0.1) is 0 Å². The molecule has 0 aliphatic carbocycles. The fourth-order valence-electron chi connectivity index (χ4n) is 2.21. The molecule has 3 aromatic rings. The number of aliphatic carboxylic acids is 1. The van der Waals surface area contributed by atoms with Crippen LogP contribution >= 0.6 is 23.1 Å². The van der Waals surface area contributed by atoms with Gasteiger partial charge in [-0.3, -0.25) is 9.59 Å². The van der Waals surface area contributed by atoms with E-state index in [1.54, 1.807) is 14.0 Å². The molecule has 124 valence electrons. The molecule has 0 fully saturated rings. The number of hydrogen-bond acceptors (Lipinski definition) is 6. The van der Waals surface area contributed by atoms with Crippen LogP contribution in [0.2, 0.25) is 0 Å². The minimum Gasteiger partial charge on any atom is -0.497 e. The molecule has 24 heavy (non-hydrogen) atoms. The summed E-state index contributed by atoms with van der Waals surface area (Å²) in [7, 11) is 1.59. The average molecular weight is 362 g/mol. The highest BCUT2D eigenvalue weighted by molar-refractivity contribution is 8.00. The first-order valence-corrected chi connectivity index (χ1v) is 8.81. The lowest BCUT2D eigenvalue weighted by atomic mass is 10.1. The number of H-pyrrole nitrogens is 1. The van der Waals surface area contributed by atoms with Gasteiger partial charge in [-0.2, -0.15) is 0 Å². The number of ether oxygens (including phenoxy) is 1. The molecule has 8 heteroatoms. The van der Waals surface area contributed by atoms with Gasteiger partial charge in [0, 0.05) is 10.9 Å². The molecule has 1 unspecified atom stereocenters. The number of methoxy groups -OCH3 is 1. The Hall–Kier alpha value is -2.32. The van der Waals surface area contributed by atoms with E-state index in [1.165, 1.54) is 11.3 Å². The zero-order chi connectivity index (χ0) is 17.3. The maximum Gasteiger partial charge on any atom is 0.316 e. The number of nitrogens with one attached hydrogen (secondary N) is 1. The van der Waals surface area contributed by atoms with Gasteiger partial charge in [-0.1, -0.05) is 23.9 Å². The van der Waals surface area contributed by atoms with Gasteiger partial charge < -0.3 is 14.8 Å². The van der Waals surface area contributed by atoms with E-state index in [-0.39, 0.29) is 5.56 Å². The van der Waals surface area contributed by atoms with E-state index >= 15 is 0 Å². The van der Waals surface area contributed by atoms with E-state index in [1.807, 2.05) is 29.6 Å². The Bertz CT molecular complexity index is 964. The van der Waals surface area contributed by atoms with Crippen molar-refractivity contribution in [3.8, 4) is 16.9 Å². The van der Waals surface area contributed by atoms with Gasteiger partial charge in [0.05, 0.1) is 12.5 Å². The number of nitrogens with zero attached hydrogens (tertiary/aromatic N) is 1. The second-order valence-corrected chi connectivity index (χ2v) is 7.22. The zero-order valence-corrected chi connectivity index (χ0v) is 14.5. The second kappa shape index (κ2) is 6.66. The molecule has 2 heterocycles. The molecule has 0 amide bonds. The van der Waals surface area contributed by atoms with Crippen molar-refractivity contribution in [1.82, 2.24) is 9.97 Å². The molecule has 0 aliphatic heterocycles. The molecule has 6 nitrogen and oxygen atoms in total. The number of carboxylic acids is 1. The van der Waals surface area contributed by atoms with Crippen LogP contribution in [0.15, 0.2) is 39.6 Å². The van der Waals surface area contributed by atoms with E-state index in [4.69, 9.17) is 9.84 Å². The van der Waals surface area contributed by atoms with Gasteiger partial charge in [0.25, 0.3) is 5.56 Å². The van der Waals surface area contributed by atoms with Crippen LogP contribution in [0.5, 0.6) is 5.75 Å². The van der Waals surface area contributed by atoms with Gasteiger partial charge in [-0.05, 0) is 24.6 Å². The van der Waals surface area contributed by atoms with E-state index in [0.29, 0.717) is 21.1 Å². The van der Waals surface area contributed by atoms with Crippen LogP contribution in [-0.2, 0) is 4.79 Å². The molecule has 1 atom stereocenters. The lowest BCUT2D eigenvalue weighted by molar-refractivity contribution is -0.136. The van der Waals surface area contributed by atoms with Gasteiger partial charge in [-0.25, -0.2) is 4.98 Å². The van der Waals surface area contributed by atoms with Crippen molar-refractivity contribution < 1.29 is 14.6 Å². The first kappa shape index (κ1) is 16.5. The Morgan fingerprint density at radius 1 is 1.46 bits per heavy atom. The Morgan fingerprint density at radius 3 is 2.96 bits per heavy atom. The summed E-state index contributed by atoms with van der Waals surface area (Å²) in [5.74, 6) is -0.246. The highest BCUT2D eigenvalue weighted by Gasteiger charge is 2.17. The van der Waals surface area contributed by atoms with E-state index in [9.17, 15) is 9.59 Å². The Morgan fingerprint density at radius 2 is 2.25 bits per heavy atom. The van der Waals surface area contributed by atoms with Gasteiger partial charge >= 0.3 is 5.97 Å². The number of rotatable bonds is 5. The maximum absolute atomic E-state index is 12.5. The molecule has 0 aliphatic rings. The van der Waals surface area contributed by atoms with Crippen molar-refractivity contribution in [1.29, 1.82) is 0 Å². The number of aromatic amines is 1. The molecule has 0 saturated heterocycles. The lowest BCUT2D eigenvalue weighted by Crippen LogP contribution is -2.14. The normalized spacial score (nSPS) is 12.2. The van der Waals surface area contributed by atoms with Crippen molar-refractivity contribution in [3.63, 3.8) is 0 Å². The summed E-state index contributed by atoms with van der Waals surface area (Å²) in [5.41, 5.74) is 1.37. The molecule has 3 rings (SSSR count). The highest BCUT2D eigenvalue weighted by atomic mass is 32.2. The van der Waals surface area contributed by atoms with Gasteiger partial charge in [0.1, 0.15) is 15.8 Å². The smallest absolute Gasteiger partial charge is 0.316 e. The van der Waals surface area contributed by atoms with Crippen molar-refractivity contribution in [2.45, 2.75) is 17.3 Å². The summed E-state index contributed by atoms with van der Waals surface area (Å²) in [4.78, 5) is 31.1. The summed E-state index contributed by atoms with van der Waals surface area (Å²) in [6.45, 7) is 1.55. The van der Waals surface area contributed by atoms with E-state index in [2.05, 4.69) is 9.97 Å². The monoisotopic (exact) mass is 362 g/mol. The van der Waals surface area contributed by atoms with Crippen LogP contribution in [-0.4, -0.2) is 33.4 Å². The first-order valence-electron chi connectivity index (χ1n) is 7.05. The molecular weight excluding hydrogens is 348 g/mol. The topological polar surface area (TPSA) is 92.3 Å². The standard InChI is InChI=1S/C16H14N2O4S2/c1-8(15(20)21)24-16-17-13(19)12-11(7-23-14(12)18-16)9-4-3-5-10(6-9)22-2/h3-8H,1-2H3,(H,20,21)(H,17,18,19). The van der Waals surface area contributed by atoms with Crippen LogP contribution in [0.4, 0.5) is 0 Å². The van der Waals surface area contributed by atoms with E-state index in [0.717, 1.165) is 22.9 Å². The Labute approximate surface area is 145 Å². The molecule has 0 spiro atoms. The molecule has 0 saturated carbocycles. The third-order valence-corrected chi connectivity index (χ3v) is 5.28. The zero-order valence-electron chi connectivity index (χ0n) is 12.9. The predicted molar refractivity (Wildman–Crippen MR) is 95.2 cm³/mol.